The van der Waals surface area contributed by atoms with Crippen molar-refractivity contribution in [1.82, 2.24) is 5.32 Å². The lowest BCUT2D eigenvalue weighted by atomic mass is 9.68. The Kier molecular flexibility index (Phi) is 5.07. The molecule has 0 bridgehead atoms. The van der Waals surface area contributed by atoms with E-state index in [1.807, 2.05) is 0 Å². The summed E-state index contributed by atoms with van der Waals surface area (Å²) in [5, 5.41) is 3.73. The minimum absolute atomic E-state index is 0.248. The first kappa shape index (κ1) is 15.0. The first-order valence-corrected chi connectivity index (χ1v) is 7.45. The van der Waals surface area contributed by atoms with Crippen LogP contribution in [0.25, 0.3) is 0 Å². The van der Waals surface area contributed by atoms with Crippen LogP contribution < -0.4 is 5.32 Å². The molecule has 1 aliphatic carbocycles. The number of hydrogen-bond acceptors (Lipinski definition) is 1. The average Bonchev–Trinajstić information content (AvgIpc) is 2.15. The van der Waals surface area contributed by atoms with Gasteiger partial charge in [0.1, 0.15) is 0 Å². The number of hydrogen-bond donors (Lipinski definition) is 1. The highest BCUT2D eigenvalue weighted by Gasteiger charge is 2.33. The molecule has 1 N–H and O–H groups in total. The maximum absolute atomic E-state index is 3.73. The minimum Gasteiger partial charge on any atom is -0.312 e. The molecule has 0 aromatic heterocycles. The second-order valence-corrected chi connectivity index (χ2v) is 8.00. The lowest BCUT2D eigenvalue weighted by Gasteiger charge is -2.41. The molecule has 17 heavy (non-hydrogen) atoms. The van der Waals surface area contributed by atoms with E-state index >= 15 is 0 Å². The van der Waals surface area contributed by atoms with Gasteiger partial charge in [0.15, 0.2) is 0 Å². The van der Waals surface area contributed by atoms with Crippen LogP contribution in [0.3, 0.4) is 0 Å². The number of rotatable bonds is 3. The van der Waals surface area contributed by atoms with Crippen molar-refractivity contribution in [2.45, 2.75) is 79.2 Å². The van der Waals surface area contributed by atoms with E-state index < -0.39 is 0 Å². The molecule has 0 radical (unpaired) electrons. The summed E-state index contributed by atoms with van der Waals surface area (Å²) in [4.78, 5) is 0. The monoisotopic (exact) mass is 239 g/mol. The van der Waals surface area contributed by atoms with Gasteiger partial charge in [0.25, 0.3) is 0 Å². The smallest absolute Gasteiger partial charge is 0.00966 e. The van der Waals surface area contributed by atoms with Crippen LogP contribution in [0.5, 0.6) is 0 Å². The van der Waals surface area contributed by atoms with E-state index in [-0.39, 0.29) is 5.54 Å². The molecule has 1 unspecified atom stereocenters. The van der Waals surface area contributed by atoms with Gasteiger partial charge in [-0.2, -0.15) is 0 Å². The fourth-order valence-corrected chi connectivity index (χ4v) is 3.13. The van der Waals surface area contributed by atoms with Gasteiger partial charge >= 0.3 is 0 Å². The van der Waals surface area contributed by atoms with E-state index in [4.69, 9.17) is 0 Å². The van der Waals surface area contributed by atoms with Gasteiger partial charge in [-0.3, -0.25) is 0 Å². The van der Waals surface area contributed by atoms with Gasteiger partial charge < -0.3 is 5.32 Å². The highest BCUT2D eigenvalue weighted by Crippen LogP contribution is 2.39. The molecular weight excluding hydrogens is 206 g/mol. The molecule has 0 aliphatic heterocycles. The van der Waals surface area contributed by atoms with Crippen LogP contribution >= 0.6 is 0 Å². The van der Waals surface area contributed by atoms with E-state index in [2.05, 4.69) is 46.9 Å². The molecule has 0 amide bonds. The third-order valence-corrected chi connectivity index (χ3v) is 4.18. The standard InChI is InChI=1S/C16H33N/c1-15(2,3)14(12-17-16(4,5)6)13-10-8-7-9-11-13/h13-14,17H,7-12H2,1-6H3. The SMILES string of the molecule is CC(C)(C)NCC(C1CCCCC1)C(C)(C)C. The van der Waals surface area contributed by atoms with Crippen molar-refractivity contribution in [2.75, 3.05) is 6.54 Å². The van der Waals surface area contributed by atoms with Crippen molar-refractivity contribution in [2.24, 2.45) is 17.3 Å². The summed E-state index contributed by atoms with van der Waals surface area (Å²) in [6.07, 6.45) is 7.26. The summed E-state index contributed by atoms with van der Waals surface area (Å²) in [6.45, 7) is 15.2. The average molecular weight is 239 g/mol. The third kappa shape index (κ3) is 5.42. The Hall–Kier alpha value is -0.0400. The van der Waals surface area contributed by atoms with Crippen molar-refractivity contribution in [3.63, 3.8) is 0 Å². The predicted octanol–water partition coefficient (Wildman–Crippen LogP) is 4.62. The Morgan fingerprint density at radius 3 is 1.88 bits per heavy atom. The van der Waals surface area contributed by atoms with Crippen molar-refractivity contribution < 1.29 is 0 Å². The third-order valence-electron chi connectivity index (χ3n) is 4.18. The second kappa shape index (κ2) is 5.73. The quantitative estimate of drug-likeness (QED) is 0.758. The predicted molar refractivity (Wildman–Crippen MR) is 77.3 cm³/mol. The zero-order valence-electron chi connectivity index (χ0n) is 12.9. The van der Waals surface area contributed by atoms with Crippen molar-refractivity contribution in [3.8, 4) is 0 Å². The summed E-state index contributed by atoms with van der Waals surface area (Å²) in [5.74, 6) is 1.76. The second-order valence-electron chi connectivity index (χ2n) is 8.00. The normalized spacial score (nSPS) is 21.5. The topological polar surface area (TPSA) is 12.0 Å². The molecule has 0 saturated heterocycles. The highest BCUT2D eigenvalue weighted by atomic mass is 14.9. The molecular formula is C16H33N. The molecule has 0 heterocycles. The summed E-state index contributed by atoms with van der Waals surface area (Å²) in [5.41, 5.74) is 0.679. The fraction of sp³-hybridized carbons (Fsp3) is 1.00. The zero-order chi connectivity index (χ0) is 13.1. The van der Waals surface area contributed by atoms with Crippen molar-refractivity contribution in [3.05, 3.63) is 0 Å². The van der Waals surface area contributed by atoms with Crippen molar-refractivity contribution >= 4 is 0 Å². The van der Waals surface area contributed by atoms with E-state index in [1.165, 1.54) is 38.6 Å². The molecule has 1 atom stereocenters. The van der Waals surface area contributed by atoms with Crippen LogP contribution in [0.4, 0.5) is 0 Å². The molecule has 1 aliphatic rings. The Bertz CT molecular complexity index is 213. The first-order chi connectivity index (χ1) is 7.70. The number of nitrogens with one attached hydrogen (secondary N) is 1. The molecule has 0 aromatic rings. The van der Waals surface area contributed by atoms with E-state index in [0.29, 0.717) is 5.41 Å². The van der Waals surface area contributed by atoms with Gasteiger partial charge in [-0.05, 0) is 44.6 Å². The molecule has 0 aromatic carbocycles. The molecule has 1 fully saturated rings. The van der Waals surface area contributed by atoms with Gasteiger partial charge in [-0.25, -0.2) is 0 Å². The minimum atomic E-state index is 0.248. The Morgan fingerprint density at radius 1 is 0.941 bits per heavy atom. The summed E-state index contributed by atoms with van der Waals surface area (Å²) in [6, 6.07) is 0. The van der Waals surface area contributed by atoms with Crippen LogP contribution in [0.15, 0.2) is 0 Å². The van der Waals surface area contributed by atoms with Gasteiger partial charge in [-0.1, -0.05) is 52.9 Å². The lowest BCUT2D eigenvalue weighted by molar-refractivity contribution is 0.114. The summed E-state index contributed by atoms with van der Waals surface area (Å²) in [7, 11) is 0. The molecule has 1 nitrogen and oxygen atoms in total. The van der Waals surface area contributed by atoms with Crippen LogP contribution in [0, 0.1) is 17.3 Å². The molecule has 1 saturated carbocycles. The first-order valence-electron chi connectivity index (χ1n) is 7.45. The van der Waals surface area contributed by atoms with Crippen LogP contribution in [0.2, 0.25) is 0 Å². The Labute approximate surface area is 109 Å². The van der Waals surface area contributed by atoms with Gasteiger partial charge in [0, 0.05) is 5.54 Å². The lowest BCUT2D eigenvalue weighted by Crippen LogP contribution is -2.44. The van der Waals surface area contributed by atoms with Gasteiger partial charge in [-0.15, -0.1) is 0 Å². The summed E-state index contributed by atoms with van der Waals surface area (Å²) >= 11 is 0. The Morgan fingerprint density at radius 2 is 1.47 bits per heavy atom. The fourth-order valence-electron chi connectivity index (χ4n) is 3.13. The molecule has 1 heteroatoms. The molecule has 1 rings (SSSR count). The van der Waals surface area contributed by atoms with Crippen LogP contribution in [-0.2, 0) is 0 Å². The molecule has 102 valence electrons. The Balaban J connectivity index is 2.60. The maximum atomic E-state index is 3.73. The molecule has 0 spiro atoms. The van der Waals surface area contributed by atoms with E-state index in [1.54, 1.807) is 0 Å². The van der Waals surface area contributed by atoms with Gasteiger partial charge in [0.05, 0.1) is 0 Å². The maximum Gasteiger partial charge on any atom is 0.00966 e. The van der Waals surface area contributed by atoms with Crippen LogP contribution in [-0.4, -0.2) is 12.1 Å². The highest BCUT2D eigenvalue weighted by molar-refractivity contribution is 4.86. The van der Waals surface area contributed by atoms with E-state index in [0.717, 1.165) is 11.8 Å². The zero-order valence-corrected chi connectivity index (χ0v) is 12.9. The van der Waals surface area contributed by atoms with Crippen molar-refractivity contribution in [1.29, 1.82) is 0 Å². The van der Waals surface area contributed by atoms with E-state index in [9.17, 15) is 0 Å². The summed E-state index contributed by atoms with van der Waals surface area (Å²) < 4.78 is 0. The largest absolute Gasteiger partial charge is 0.312 e. The van der Waals surface area contributed by atoms with Gasteiger partial charge in [0.2, 0.25) is 0 Å². The van der Waals surface area contributed by atoms with Crippen LogP contribution in [0.1, 0.15) is 73.6 Å².